The van der Waals surface area contributed by atoms with Gasteiger partial charge in [0, 0.05) is 19.6 Å². The Morgan fingerprint density at radius 2 is 1.00 bits per heavy atom. The number of phosphoric acid groups is 1. The number of carbonyl (C=O) groups excluding carboxylic acids is 1. The number of hydrogen-bond donors (Lipinski definition) is 2. The average Bonchev–Trinajstić information content (AvgIpc) is 3.19. The molecule has 0 saturated heterocycles. The van der Waals surface area contributed by atoms with Crippen molar-refractivity contribution in [2.75, 3.05) is 33.0 Å². The lowest BCUT2D eigenvalue weighted by molar-refractivity contribution is -0.154. The highest BCUT2D eigenvalue weighted by Gasteiger charge is 2.25. The normalized spacial score (nSPS) is 14.0. The number of rotatable bonds is 43. The molecule has 0 aliphatic carbocycles. The van der Waals surface area contributed by atoms with Gasteiger partial charge in [-0.15, -0.1) is 0 Å². The maximum absolute atomic E-state index is 12.6. The van der Waals surface area contributed by atoms with Crippen molar-refractivity contribution < 1.29 is 32.8 Å². The number of carbonyl (C=O) groups is 1. The minimum absolute atomic E-state index is 0.0967. The van der Waals surface area contributed by atoms with Crippen LogP contribution in [0.4, 0.5) is 0 Å². The van der Waals surface area contributed by atoms with Crippen molar-refractivity contribution in [3.63, 3.8) is 0 Å². The predicted molar refractivity (Wildman–Crippen MR) is 238 cm³/mol. The molecule has 0 amide bonds. The van der Waals surface area contributed by atoms with Crippen LogP contribution in [-0.2, 0) is 27.9 Å². The molecule has 56 heavy (non-hydrogen) atoms. The van der Waals surface area contributed by atoms with Gasteiger partial charge < -0.3 is 20.1 Å². The molecule has 326 valence electrons. The summed E-state index contributed by atoms with van der Waals surface area (Å²) in [7, 11) is -4.28. The van der Waals surface area contributed by atoms with Crippen LogP contribution < -0.4 is 5.73 Å². The Hall–Kier alpha value is -1.80. The first-order valence-corrected chi connectivity index (χ1v) is 24.3. The molecule has 0 aliphatic rings. The van der Waals surface area contributed by atoms with Gasteiger partial charge in [0.2, 0.25) is 0 Å². The Kier molecular flexibility index (Phi) is 42.9. The van der Waals surface area contributed by atoms with E-state index in [1.54, 1.807) is 0 Å². The number of esters is 1. The molecule has 0 saturated carbocycles. The van der Waals surface area contributed by atoms with Gasteiger partial charge in [-0.2, -0.15) is 0 Å². The van der Waals surface area contributed by atoms with Gasteiger partial charge in [-0.05, 0) is 77.0 Å². The molecule has 0 aromatic rings. The number of unbranched alkanes of at least 4 members (excludes halogenated alkanes) is 20. The van der Waals surface area contributed by atoms with E-state index >= 15 is 0 Å². The molecule has 0 aromatic heterocycles. The first kappa shape index (κ1) is 54.2. The molecule has 2 atom stereocenters. The van der Waals surface area contributed by atoms with E-state index in [-0.39, 0.29) is 32.3 Å². The molecule has 8 nitrogen and oxygen atoms in total. The summed E-state index contributed by atoms with van der Waals surface area (Å²) in [6.45, 7) is 4.78. The van der Waals surface area contributed by atoms with E-state index in [4.69, 9.17) is 24.3 Å². The molecule has 0 spiro atoms. The lowest BCUT2D eigenvalue weighted by atomic mass is 10.0. The zero-order valence-corrected chi connectivity index (χ0v) is 37.0. The lowest BCUT2D eigenvalue weighted by Crippen LogP contribution is -2.28. The molecular formula is C47H86NO7P. The van der Waals surface area contributed by atoms with Crippen LogP contribution in [0.5, 0.6) is 0 Å². The summed E-state index contributed by atoms with van der Waals surface area (Å²) >= 11 is 0. The third kappa shape index (κ3) is 43.3. The summed E-state index contributed by atoms with van der Waals surface area (Å²) in [4.78, 5) is 22.5. The molecule has 3 N–H and O–H groups in total. The Morgan fingerprint density at radius 1 is 0.554 bits per heavy atom. The minimum atomic E-state index is -4.28. The highest BCUT2D eigenvalue weighted by molar-refractivity contribution is 7.47. The Labute approximate surface area is 344 Å². The summed E-state index contributed by atoms with van der Waals surface area (Å²) in [5.74, 6) is -0.338. The van der Waals surface area contributed by atoms with E-state index in [1.807, 2.05) is 0 Å². The second kappa shape index (κ2) is 44.3. The number of nitrogens with two attached hydrogens (primary N) is 1. The third-order valence-electron chi connectivity index (χ3n) is 9.42. The molecule has 2 unspecified atom stereocenters. The second-order valence-corrected chi connectivity index (χ2v) is 16.3. The predicted octanol–water partition coefficient (Wildman–Crippen LogP) is 13.8. The van der Waals surface area contributed by atoms with Crippen molar-refractivity contribution in [3.05, 3.63) is 60.8 Å². The van der Waals surface area contributed by atoms with Crippen LogP contribution in [-0.4, -0.2) is 49.9 Å². The van der Waals surface area contributed by atoms with Crippen LogP contribution in [0, 0.1) is 0 Å². The lowest BCUT2D eigenvalue weighted by Gasteiger charge is -2.20. The van der Waals surface area contributed by atoms with E-state index in [2.05, 4.69) is 74.6 Å². The zero-order chi connectivity index (χ0) is 40.9. The molecular weight excluding hydrogens is 721 g/mol. The van der Waals surface area contributed by atoms with Gasteiger partial charge in [-0.3, -0.25) is 13.8 Å². The van der Waals surface area contributed by atoms with Gasteiger partial charge in [0.15, 0.2) is 0 Å². The van der Waals surface area contributed by atoms with Crippen molar-refractivity contribution in [2.24, 2.45) is 5.73 Å². The summed E-state index contributed by atoms with van der Waals surface area (Å²) < 4.78 is 33.5. The first-order valence-electron chi connectivity index (χ1n) is 22.8. The van der Waals surface area contributed by atoms with Gasteiger partial charge in [-0.25, -0.2) is 4.57 Å². The van der Waals surface area contributed by atoms with Gasteiger partial charge in [0.05, 0.1) is 19.8 Å². The van der Waals surface area contributed by atoms with Gasteiger partial charge >= 0.3 is 13.8 Å². The van der Waals surface area contributed by atoms with E-state index in [0.29, 0.717) is 13.0 Å². The van der Waals surface area contributed by atoms with E-state index in [1.165, 1.54) is 116 Å². The molecule has 0 bridgehead atoms. The average molecular weight is 808 g/mol. The van der Waals surface area contributed by atoms with E-state index < -0.39 is 13.9 Å². The largest absolute Gasteiger partial charge is 0.472 e. The second-order valence-electron chi connectivity index (χ2n) is 14.9. The van der Waals surface area contributed by atoms with Crippen molar-refractivity contribution in [1.82, 2.24) is 0 Å². The standard InChI is InChI=1S/C47H86NO7P/c1-3-5-7-9-11-13-15-17-19-20-21-22-23-24-25-26-27-28-30-32-34-36-38-40-47(49)55-46(45-54-56(50,51)53-43-41-48)44-52-42-39-37-35-33-31-29-18-16-14-12-10-8-6-4-2/h5,7,11,13-14,16-17,19,21-22,46H,3-4,6,8-10,12,15,18,20,23-45,48H2,1-2H3,(H,50,51)/b7-5-,13-11-,16-14-,19-17-,22-21-. The summed E-state index contributed by atoms with van der Waals surface area (Å²) in [6, 6.07) is 0. The quantitative estimate of drug-likeness (QED) is 0.0271. The number of phosphoric ester groups is 1. The smallest absolute Gasteiger partial charge is 0.457 e. The molecule has 0 aliphatic heterocycles. The molecule has 9 heteroatoms. The molecule has 0 fully saturated rings. The van der Waals surface area contributed by atoms with Crippen LogP contribution in [0.1, 0.15) is 194 Å². The maximum atomic E-state index is 12.6. The summed E-state index contributed by atoms with van der Waals surface area (Å²) in [5.41, 5.74) is 5.37. The van der Waals surface area contributed by atoms with Crippen LogP contribution in [0.25, 0.3) is 0 Å². The Morgan fingerprint density at radius 3 is 1.52 bits per heavy atom. The molecule has 0 rings (SSSR count). The van der Waals surface area contributed by atoms with Crippen molar-refractivity contribution in [3.8, 4) is 0 Å². The number of ether oxygens (including phenoxy) is 2. The molecule has 0 aromatic carbocycles. The van der Waals surface area contributed by atoms with Crippen LogP contribution in [0.15, 0.2) is 60.8 Å². The highest BCUT2D eigenvalue weighted by atomic mass is 31.2. The van der Waals surface area contributed by atoms with Crippen LogP contribution in [0.3, 0.4) is 0 Å². The number of hydrogen-bond acceptors (Lipinski definition) is 7. The van der Waals surface area contributed by atoms with E-state index in [0.717, 1.165) is 57.8 Å². The molecule has 0 heterocycles. The highest BCUT2D eigenvalue weighted by Crippen LogP contribution is 2.43. The number of allylic oxidation sites excluding steroid dienone is 10. The van der Waals surface area contributed by atoms with Gasteiger partial charge in [0.1, 0.15) is 6.10 Å². The molecule has 0 radical (unpaired) electrons. The Bertz CT molecular complexity index is 1040. The van der Waals surface area contributed by atoms with Gasteiger partial charge in [0.25, 0.3) is 0 Å². The maximum Gasteiger partial charge on any atom is 0.472 e. The first-order chi connectivity index (χ1) is 27.4. The fraction of sp³-hybridized carbons (Fsp3) is 0.766. The fourth-order valence-electron chi connectivity index (χ4n) is 6.10. The topological polar surface area (TPSA) is 117 Å². The van der Waals surface area contributed by atoms with E-state index in [9.17, 15) is 14.3 Å². The summed E-state index contributed by atoms with van der Waals surface area (Å²) in [6.07, 6.45) is 53.8. The fourth-order valence-corrected chi connectivity index (χ4v) is 6.87. The minimum Gasteiger partial charge on any atom is -0.457 e. The summed E-state index contributed by atoms with van der Waals surface area (Å²) in [5, 5.41) is 0. The van der Waals surface area contributed by atoms with Gasteiger partial charge in [-0.1, -0.05) is 171 Å². The van der Waals surface area contributed by atoms with Crippen molar-refractivity contribution >= 4 is 13.8 Å². The third-order valence-corrected chi connectivity index (χ3v) is 10.4. The Balaban J connectivity index is 3.99. The van der Waals surface area contributed by atoms with Crippen molar-refractivity contribution in [1.29, 1.82) is 0 Å². The van der Waals surface area contributed by atoms with Crippen molar-refractivity contribution in [2.45, 2.75) is 200 Å². The monoisotopic (exact) mass is 808 g/mol. The van der Waals surface area contributed by atoms with Crippen LogP contribution >= 0.6 is 7.82 Å². The SMILES string of the molecule is CC/C=C\C/C=C\C/C=C\C/C=C\CCCCCCCCCCCCC(=O)OC(COCCCCCCCC/C=C\CCCCCC)COP(=O)(O)OCCN. The van der Waals surface area contributed by atoms with Crippen LogP contribution in [0.2, 0.25) is 0 Å². The zero-order valence-electron chi connectivity index (χ0n) is 36.1.